The van der Waals surface area contributed by atoms with Crippen molar-refractivity contribution in [3.63, 3.8) is 0 Å². The molecule has 1 aliphatic heterocycles. The van der Waals surface area contributed by atoms with Crippen molar-refractivity contribution in [3.8, 4) is 5.75 Å². The molecular weight excluding hydrogens is 252 g/mol. The van der Waals surface area contributed by atoms with Gasteiger partial charge in [-0.25, -0.2) is 0 Å². The van der Waals surface area contributed by atoms with Crippen LogP contribution in [0.4, 0.5) is 0 Å². The Morgan fingerprint density at radius 1 is 1.39 bits per heavy atom. The SMILES string of the molecule is O=C1C=C(c2ccc(Cl)cc2OCC2CO2)CC1. The van der Waals surface area contributed by atoms with Crippen molar-refractivity contribution in [2.75, 3.05) is 13.2 Å². The summed E-state index contributed by atoms with van der Waals surface area (Å²) in [5, 5.41) is 0.635. The number of rotatable bonds is 4. The van der Waals surface area contributed by atoms with Crippen LogP contribution in [0.2, 0.25) is 5.02 Å². The van der Waals surface area contributed by atoms with E-state index in [1.54, 1.807) is 12.1 Å². The number of allylic oxidation sites excluding steroid dienone is 2. The van der Waals surface area contributed by atoms with Gasteiger partial charge in [-0.15, -0.1) is 0 Å². The average molecular weight is 265 g/mol. The maximum Gasteiger partial charge on any atom is 0.156 e. The first-order chi connectivity index (χ1) is 8.72. The summed E-state index contributed by atoms with van der Waals surface area (Å²) in [6.45, 7) is 1.30. The minimum Gasteiger partial charge on any atom is -0.490 e. The third-order valence-corrected chi connectivity index (χ3v) is 3.33. The average Bonchev–Trinajstić information content (AvgIpc) is 3.08. The Kier molecular flexibility index (Phi) is 3.10. The standard InChI is InChI=1S/C14H13ClO3/c15-10-2-4-13(9-1-3-11(16)5-9)14(6-10)18-8-12-7-17-12/h2,4-6,12H,1,3,7-8H2. The lowest BCUT2D eigenvalue weighted by atomic mass is 10.0. The molecule has 0 bridgehead atoms. The van der Waals surface area contributed by atoms with Crippen molar-refractivity contribution in [1.29, 1.82) is 0 Å². The Morgan fingerprint density at radius 2 is 2.22 bits per heavy atom. The highest BCUT2D eigenvalue weighted by Gasteiger charge is 2.24. The summed E-state index contributed by atoms with van der Waals surface area (Å²) in [7, 11) is 0. The van der Waals surface area contributed by atoms with Gasteiger partial charge < -0.3 is 9.47 Å². The predicted molar refractivity (Wildman–Crippen MR) is 68.9 cm³/mol. The quantitative estimate of drug-likeness (QED) is 0.785. The highest BCUT2D eigenvalue weighted by molar-refractivity contribution is 6.30. The van der Waals surface area contributed by atoms with Gasteiger partial charge in [0.25, 0.3) is 0 Å². The van der Waals surface area contributed by atoms with Gasteiger partial charge in [0, 0.05) is 17.0 Å². The van der Waals surface area contributed by atoms with Gasteiger partial charge in [0.05, 0.1) is 6.61 Å². The number of benzene rings is 1. The van der Waals surface area contributed by atoms with E-state index in [1.165, 1.54) is 0 Å². The van der Waals surface area contributed by atoms with Gasteiger partial charge in [0.15, 0.2) is 5.78 Å². The Morgan fingerprint density at radius 3 is 2.89 bits per heavy atom. The fourth-order valence-corrected chi connectivity index (χ4v) is 2.20. The summed E-state index contributed by atoms with van der Waals surface area (Å²) in [4.78, 5) is 11.3. The number of ether oxygens (including phenoxy) is 2. The number of halogens is 1. The molecular formula is C14H13ClO3. The number of epoxide rings is 1. The highest BCUT2D eigenvalue weighted by atomic mass is 35.5. The molecule has 0 aromatic heterocycles. The Labute approximate surface area is 110 Å². The third-order valence-electron chi connectivity index (χ3n) is 3.09. The van der Waals surface area contributed by atoms with Gasteiger partial charge in [-0.05, 0) is 36.3 Å². The Bertz CT molecular complexity index is 518. The zero-order valence-corrected chi connectivity index (χ0v) is 10.6. The van der Waals surface area contributed by atoms with E-state index in [4.69, 9.17) is 21.1 Å². The summed E-state index contributed by atoms with van der Waals surface area (Å²) in [5.74, 6) is 0.912. The molecule has 1 fully saturated rings. The zero-order chi connectivity index (χ0) is 12.5. The molecule has 1 unspecified atom stereocenters. The van der Waals surface area contributed by atoms with Crippen molar-refractivity contribution in [1.82, 2.24) is 0 Å². The van der Waals surface area contributed by atoms with E-state index >= 15 is 0 Å². The van der Waals surface area contributed by atoms with Crippen LogP contribution in [0.5, 0.6) is 5.75 Å². The lowest BCUT2D eigenvalue weighted by molar-refractivity contribution is -0.114. The van der Waals surface area contributed by atoms with Gasteiger partial charge in [-0.2, -0.15) is 0 Å². The molecule has 94 valence electrons. The Balaban J connectivity index is 1.86. The summed E-state index contributed by atoms with van der Waals surface area (Å²) in [5.41, 5.74) is 1.99. The second-order valence-corrected chi connectivity index (χ2v) is 4.98. The van der Waals surface area contributed by atoms with Gasteiger partial charge >= 0.3 is 0 Å². The monoisotopic (exact) mass is 264 g/mol. The minimum absolute atomic E-state index is 0.177. The number of carbonyl (C=O) groups excluding carboxylic acids is 1. The van der Waals surface area contributed by atoms with Gasteiger partial charge in [0.2, 0.25) is 0 Å². The number of carbonyl (C=O) groups is 1. The third kappa shape index (κ3) is 2.57. The molecule has 0 amide bonds. The largest absolute Gasteiger partial charge is 0.490 e. The summed E-state index contributed by atoms with van der Waals surface area (Å²) >= 11 is 5.99. The van der Waals surface area contributed by atoms with E-state index in [0.29, 0.717) is 18.1 Å². The highest BCUT2D eigenvalue weighted by Crippen LogP contribution is 2.34. The lowest BCUT2D eigenvalue weighted by Gasteiger charge is -2.11. The fourth-order valence-electron chi connectivity index (χ4n) is 2.04. The summed E-state index contributed by atoms with van der Waals surface area (Å²) in [6.07, 6.45) is 3.26. The van der Waals surface area contributed by atoms with Crippen molar-refractivity contribution < 1.29 is 14.3 Å². The van der Waals surface area contributed by atoms with E-state index in [2.05, 4.69) is 0 Å². The van der Waals surface area contributed by atoms with E-state index in [0.717, 1.165) is 29.9 Å². The minimum atomic E-state index is 0.177. The molecule has 0 N–H and O–H groups in total. The van der Waals surface area contributed by atoms with Crippen molar-refractivity contribution in [3.05, 3.63) is 34.9 Å². The topological polar surface area (TPSA) is 38.8 Å². The first-order valence-electron chi connectivity index (χ1n) is 6.00. The van der Waals surface area contributed by atoms with Crippen LogP contribution in [0.25, 0.3) is 5.57 Å². The normalized spacial score (nSPS) is 21.9. The van der Waals surface area contributed by atoms with Crippen molar-refractivity contribution in [2.24, 2.45) is 0 Å². The van der Waals surface area contributed by atoms with Crippen molar-refractivity contribution >= 4 is 23.0 Å². The Hall–Kier alpha value is -1.32. The smallest absolute Gasteiger partial charge is 0.156 e. The molecule has 1 atom stereocenters. The molecule has 0 saturated carbocycles. The number of hydrogen-bond donors (Lipinski definition) is 0. The molecule has 1 aromatic carbocycles. The van der Waals surface area contributed by atoms with Crippen LogP contribution in [-0.4, -0.2) is 25.1 Å². The van der Waals surface area contributed by atoms with E-state index in [9.17, 15) is 4.79 Å². The van der Waals surface area contributed by atoms with E-state index in [1.807, 2.05) is 12.1 Å². The molecule has 2 aliphatic rings. The second kappa shape index (κ2) is 4.75. The van der Waals surface area contributed by atoms with Gasteiger partial charge in [-0.3, -0.25) is 4.79 Å². The lowest BCUT2D eigenvalue weighted by Crippen LogP contribution is -2.05. The fraction of sp³-hybridized carbons (Fsp3) is 0.357. The molecule has 3 nitrogen and oxygen atoms in total. The molecule has 1 aromatic rings. The summed E-state index contributed by atoms with van der Waals surface area (Å²) < 4.78 is 10.8. The zero-order valence-electron chi connectivity index (χ0n) is 9.82. The summed E-state index contributed by atoms with van der Waals surface area (Å²) in [6, 6.07) is 5.53. The molecule has 4 heteroatoms. The van der Waals surface area contributed by atoms with Crippen LogP contribution < -0.4 is 4.74 Å². The van der Waals surface area contributed by atoms with Gasteiger partial charge in [0.1, 0.15) is 18.5 Å². The maximum atomic E-state index is 11.3. The number of ketones is 1. The van der Waals surface area contributed by atoms with E-state index < -0.39 is 0 Å². The van der Waals surface area contributed by atoms with Crippen LogP contribution in [0, 0.1) is 0 Å². The van der Waals surface area contributed by atoms with Crippen molar-refractivity contribution in [2.45, 2.75) is 18.9 Å². The second-order valence-electron chi connectivity index (χ2n) is 4.54. The first-order valence-corrected chi connectivity index (χ1v) is 6.38. The van der Waals surface area contributed by atoms with Gasteiger partial charge in [-0.1, -0.05) is 11.6 Å². The molecule has 1 aliphatic carbocycles. The predicted octanol–water partition coefficient (Wildman–Crippen LogP) is 2.86. The van der Waals surface area contributed by atoms with E-state index in [-0.39, 0.29) is 11.9 Å². The van der Waals surface area contributed by atoms with Crippen LogP contribution in [0.1, 0.15) is 18.4 Å². The van der Waals surface area contributed by atoms with Crippen LogP contribution >= 0.6 is 11.6 Å². The molecule has 1 saturated heterocycles. The molecule has 3 rings (SSSR count). The molecule has 0 radical (unpaired) electrons. The van der Waals surface area contributed by atoms with Crippen LogP contribution in [0.15, 0.2) is 24.3 Å². The number of hydrogen-bond acceptors (Lipinski definition) is 3. The maximum absolute atomic E-state index is 11.3. The van der Waals surface area contributed by atoms with Crippen LogP contribution in [0.3, 0.4) is 0 Å². The molecule has 0 spiro atoms. The van der Waals surface area contributed by atoms with Crippen LogP contribution in [-0.2, 0) is 9.53 Å². The molecule has 18 heavy (non-hydrogen) atoms. The molecule has 1 heterocycles. The first kappa shape index (κ1) is 11.8.